The zero-order valence-electron chi connectivity index (χ0n) is 26.9. The quantitative estimate of drug-likeness (QED) is 0.192. The first-order valence-electron chi connectivity index (χ1n) is 16.9. The van der Waals surface area contributed by atoms with Crippen LogP contribution < -0.4 is 4.90 Å². The van der Waals surface area contributed by atoms with Crippen molar-refractivity contribution in [3.05, 3.63) is 170 Å². The summed E-state index contributed by atoms with van der Waals surface area (Å²) in [5.74, 6) is 0. The van der Waals surface area contributed by atoms with Crippen LogP contribution in [0, 0.1) is 0 Å². The Kier molecular flexibility index (Phi) is 5.63. The number of hydrogen-bond donors (Lipinski definition) is 0. The van der Waals surface area contributed by atoms with Gasteiger partial charge in [0.05, 0.1) is 22.4 Å². The Morgan fingerprint density at radius 1 is 0.420 bits per heavy atom. The number of rotatable bonds is 4. The maximum atomic E-state index is 6.72. The van der Waals surface area contributed by atoms with Gasteiger partial charge in [-0.3, -0.25) is 0 Å². The highest BCUT2D eigenvalue weighted by Crippen LogP contribution is 2.48. The van der Waals surface area contributed by atoms with Gasteiger partial charge in [-0.15, -0.1) is 0 Å². The molecule has 0 saturated carbocycles. The third-order valence-electron chi connectivity index (χ3n) is 10.2. The van der Waals surface area contributed by atoms with E-state index in [9.17, 15) is 0 Å². The Morgan fingerprint density at radius 3 is 1.92 bits per heavy atom. The molecular weight excluding hydrogens is 613 g/mol. The molecule has 0 aliphatic heterocycles. The molecule has 0 aliphatic rings. The van der Waals surface area contributed by atoms with Crippen LogP contribution in [0.1, 0.15) is 0 Å². The molecule has 11 rings (SSSR count). The monoisotopic (exact) mass is 640 g/mol. The fourth-order valence-corrected chi connectivity index (χ4v) is 8.01. The highest BCUT2D eigenvalue weighted by Gasteiger charge is 2.25. The average Bonchev–Trinajstić information content (AvgIpc) is 3.85. The van der Waals surface area contributed by atoms with Crippen LogP contribution in [-0.4, -0.2) is 4.57 Å². The van der Waals surface area contributed by atoms with Crippen molar-refractivity contribution in [2.24, 2.45) is 0 Å². The van der Waals surface area contributed by atoms with Gasteiger partial charge in [-0.05, 0) is 66.0 Å². The molecule has 0 spiro atoms. The molecule has 234 valence electrons. The van der Waals surface area contributed by atoms with E-state index in [1.165, 1.54) is 10.8 Å². The van der Waals surface area contributed by atoms with Crippen LogP contribution in [0.5, 0.6) is 0 Å². The van der Waals surface area contributed by atoms with E-state index >= 15 is 0 Å². The molecule has 3 aromatic heterocycles. The van der Waals surface area contributed by atoms with Gasteiger partial charge in [0, 0.05) is 55.1 Å². The van der Waals surface area contributed by atoms with Crippen molar-refractivity contribution in [2.75, 3.05) is 4.90 Å². The van der Waals surface area contributed by atoms with E-state index in [4.69, 9.17) is 8.83 Å². The van der Waals surface area contributed by atoms with E-state index in [0.717, 1.165) is 88.4 Å². The van der Waals surface area contributed by atoms with Crippen molar-refractivity contribution < 1.29 is 8.83 Å². The Hall–Kier alpha value is -6.78. The molecule has 0 bridgehead atoms. The topological polar surface area (TPSA) is 34.5 Å². The summed E-state index contributed by atoms with van der Waals surface area (Å²) in [6.45, 7) is 0. The van der Waals surface area contributed by atoms with Crippen molar-refractivity contribution in [3.63, 3.8) is 0 Å². The van der Waals surface area contributed by atoms with E-state index in [0.29, 0.717) is 0 Å². The van der Waals surface area contributed by atoms with E-state index < -0.39 is 0 Å². The second-order valence-electron chi connectivity index (χ2n) is 12.9. The largest absolute Gasteiger partial charge is 0.456 e. The van der Waals surface area contributed by atoms with Gasteiger partial charge >= 0.3 is 0 Å². The molecular formula is C46H28N2O2. The number of nitrogens with zero attached hydrogens (tertiary/aromatic N) is 2. The standard InChI is InChI=1S/C46H28N2O2/c1-2-13-30(14-3-1)48-38-19-7-4-15-32(38)36-18-11-21-40(45(36)48)47(31-25-27-35-33-16-5-8-22-41(33)49-43(35)28-31)39-20-10-12-29-24-26-37-34-17-6-9-23-42(34)50-46(37)44(29)39/h1-28H. The van der Waals surface area contributed by atoms with Crippen LogP contribution in [0.4, 0.5) is 17.1 Å². The third kappa shape index (κ3) is 3.81. The number of aromatic nitrogens is 1. The molecule has 50 heavy (non-hydrogen) atoms. The molecule has 0 fully saturated rings. The van der Waals surface area contributed by atoms with Gasteiger partial charge in [-0.25, -0.2) is 0 Å². The Morgan fingerprint density at radius 2 is 1.06 bits per heavy atom. The average molecular weight is 641 g/mol. The molecule has 0 unspecified atom stereocenters. The van der Waals surface area contributed by atoms with Crippen LogP contribution >= 0.6 is 0 Å². The van der Waals surface area contributed by atoms with Gasteiger partial charge in [-0.1, -0.05) is 103 Å². The molecule has 0 radical (unpaired) electrons. The molecule has 11 aromatic rings. The lowest BCUT2D eigenvalue weighted by Crippen LogP contribution is -2.12. The second-order valence-corrected chi connectivity index (χ2v) is 12.9. The minimum Gasteiger partial charge on any atom is -0.456 e. The number of benzene rings is 8. The summed E-state index contributed by atoms with van der Waals surface area (Å²) in [6, 6.07) is 60.1. The summed E-state index contributed by atoms with van der Waals surface area (Å²) >= 11 is 0. The van der Waals surface area contributed by atoms with Crippen molar-refractivity contribution in [1.82, 2.24) is 4.57 Å². The molecule has 0 amide bonds. The van der Waals surface area contributed by atoms with Crippen LogP contribution in [-0.2, 0) is 0 Å². The van der Waals surface area contributed by atoms with E-state index in [2.05, 4.69) is 161 Å². The smallest absolute Gasteiger partial charge is 0.145 e. The van der Waals surface area contributed by atoms with E-state index in [1.54, 1.807) is 0 Å². The maximum Gasteiger partial charge on any atom is 0.145 e. The minimum absolute atomic E-state index is 0.846. The van der Waals surface area contributed by atoms with Gasteiger partial charge in [0.15, 0.2) is 0 Å². The molecule has 4 nitrogen and oxygen atoms in total. The Balaban J connectivity index is 1.30. The highest BCUT2D eigenvalue weighted by atomic mass is 16.3. The predicted molar refractivity (Wildman–Crippen MR) is 208 cm³/mol. The molecule has 3 heterocycles. The van der Waals surface area contributed by atoms with Gasteiger partial charge in [0.25, 0.3) is 0 Å². The number of hydrogen-bond acceptors (Lipinski definition) is 3. The van der Waals surface area contributed by atoms with Gasteiger partial charge in [-0.2, -0.15) is 0 Å². The van der Waals surface area contributed by atoms with Crippen LogP contribution in [0.15, 0.2) is 179 Å². The van der Waals surface area contributed by atoms with E-state index in [1.807, 2.05) is 18.2 Å². The summed E-state index contributed by atoms with van der Waals surface area (Å²) in [7, 11) is 0. The first kappa shape index (κ1) is 27.2. The minimum atomic E-state index is 0.846. The summed E-state index contributed by atoms with van der Waals surface area (Å²) in [6.07, 6.45) is 0. The number of anilines is 3. The second kappa shape index (κ2) is 10.4. The van der Waals surface area contributed by atoms with Crippen molar-refractivity contribution in [2.45, 2.75) is 0 Å². The normalized spacial score (nSPS) is 12.0. The molecule has 0 saturated heterocycles. The fourth-order valence-electron chi connectivity index (χ4n) is 8.01. The fraction of sp³-hybridized carbons (Fsp3) is 0. The molecule has 0 aliphatic carbocycles. The van der Waals surface area contributed by atoms with Crippen LogP contribution in [0.3, 0.4) is 0 Å². The van der Waals surface area contributed by atoms with Crippen molar-refractivity contribution in [1.29, 1.82) is 0 Å². The lowest BCUT2D eigenvalue weighted by Gasteiger charge is -2.28. The zero-order valence-corrected chi connectivity index (χ0v) is 26.9. The SMILES string of the molecule is c1ccc(-n2c3ccccc3c3cccc(N(c4ccc5c(c4)oc4ccccc45)c4cccc5ccc6c7ccccc7oc6c45)c32)cc1. The third-order valence-corrected chi connectivity index (χ3v) is 10.2. The number of furan rings is 2. The first-order chi connectivity index (χ1) is 24.8. The van der Waals surface area contributed by atoms with E-state index in [-0.39, 0.29) is 0 Å². The van der Waals surface area contributed by atoms with Gasteiger partial charge < -0.3 is 18.3 Å². The van der Waals surface area contributed by atoms with Gasteiger partial charge in [0.1, 0.15) is 22.3 Å². The number of fused-ring (bicyclic) bond motifs is 11. The van der Waals surface area contributed by atoms with Gasteiger partial charge in [0.2, 0.25) is 0 Å². The molecule has 4 heteroatoms. The number of para-hydroxylation sites is 5. The summed E-state index contributed by atoms with van der Waals surface area (Å²) < 4.78 is 15.6. The summed E-state index contributed by atoms with van der Waals surface area (Å²) in [4.78, 5) is 2.39. The van der Waals surface area contributed by atoms with Crippen LogP contribution in [0.2, 0.25) is 0 Å². The first-order valence-corrected chi connectivity index (χ1v) is 16.9. The van der Waals surface area contributed by atoms with Crippen molar-refractivity contribution >= 4 is 93.5 Å². The Labute approximate surface area is 286 Å². The predicted octanol–water partition coefficient (Wildman–Crippen LogP) is 13.2. The maximum absolute atomic E-state index is 6.72. The van der Waals surface area contributed by atoms with Crippen molar-refractivity contribution in [3.8, 4) is 5.69 Å². The zero-order chi connectivity index (χ0) is 32.8. The Bertz CT molecular complexity index is 3110. The summed E-state index contributed by atoms with van der Waals surface area (Å²) in [5.41, 5.74) is 9.95. The van der Waals surface area contributed by atoms with Crippen LogP contribution in [0.25, 0.3) is 82.1 Å². The molecule has 8 aromatic carbocycles. The molecule has 0 atom stereocenters. The highest BCUT2D eigenvalue weighted by molar-refractivity contribution is 6.21. The summed E-state index contributed by atoms with van der Waals surface area (Å²) in [5, 5.41) is 8.99. The lowest BCUT2D eigenvalue weighted by atomic mass is 10.0. The molecule has 0 N–H and O–H groups in total. The lowest BCUT2D eigenvalue weighted by molar-refractivity contribution is 0.669.